The summed E-state index contributed by atoms with van der Waals surface area (Å²) in [6.07, 6.45) is 2.05. The van der Waals surface area contributed by atoms with E-state index in [4.69, 9.17) is 0 Å². The Hall–Kier alpha value is -0.280. The van der Waals surface area contributed by atoms with Crippen LogP contribution in [0.4, 0.5) is 0 Å². The number of phenolic OH excluding ortho intramolecular Hbond substituents is 1. The summed E-state index contributed by atoms with van der Waals surface area (Å²) in [5, 5.41) is 10.3. The molecule has 60 valence electrons. The average molecular weight is 186 g/mol. The van der Waals surface area contributed by atoms with Crippen molar-refractivity contribution < 1.29 is 5.11 Å². The summed E-state index contributed by atoms with van der Waals surface area (Å²) in [7, 11) is 0. The zero-order chi connectivity index (χ0) is 8.10. The van der Waals surface area contributed by atoms with Crippen molar-refractivity contribution >= 4 is 23.5 Å². The van der Waals surface area contributed by atoms with E-state index in [1.807, 2.05) is 24.5 Å². The Morgan fingerprint density at radius 2 is 2.09 bits per heavy atom. The normalized spacial score (nSPS) is 9.91. The van der Waals surface area contributed by atoms with E-state index in [1.165, 1.54) is 0 Å². The molecule has 0 amide bonds. The van der Waals surface area contributed by atoms with Crippen LogP contribution in [0.15, 0.2) is 29.2 Å². The predicted molar refractivity (Wildman–Crippen MR) is 52.3 cm³/mol. The fourth-order valence-electron chi connectivity index (χ4n) is 0.702. The first-order valence-electron chi connectivity index (χ1n) is 3.24. The van der Waals surface area contributed by atoms with Crippen LogP contribution in [0.25, 0.3) is 0 Å². The Kier molecular flexibility index (Phi) is 3.66. The lowest BCUT2D eigenvalue weighted by Gasteiger charge is -2.00. The third-order valence-corrected chi connectivity index (χ3v) is 3.27. The molecular weight excluding hydrogens is 176 g/mol. The van der Waals surface area contributed by atoms with E-state index in [9.17, 15) is 5.11 Å². The molecular formula is C8H10OS2. The summed E-state index contributed by atoms with van der Waals surface area (Å²) < 4.78 is 0. The van der Waals surface area contributed by atoms with Crippen molar-refractivity contribution in [1.29, 1.82) is 0 Å². The lowest BCUT2D eigenvalue weighted by atomic mass is 10.3. The quantitative estimate of drug-likeness (QED) is 0.579. The van der Waals surface area contributed by atoms with Crippen molar-refractivity contribution in [1.82, 2.24) is 0 Å². The highest BCUT2D eigenvalue weighted by Crippen LogP contribution is 2.29. The predicted octanol–water partition coefficient (Wildman–Crippen LogP) is 2.80. The molecule has 1 nitrogen and oxygen atoms in total. The molecule has 0 saturated heterocycles. The van der Waals surface area contributed by atoms with Crippen LogP contribution >= 0.6 is 23.5 Å². The fraction of sp³-hybridized carbons (Fsp3) is 0.250. The van der Waals surface area contributed by atoms with Gasteiger partial charge in [-0.3, -0.25) is 0 Å². The molecule has 0 heterocycles. The number of benzene rings is 1. The van der Waals surface area contributed by atoms with Gasteiger partial charge in [0.05, 0.1) is 0 Å². The van der Waals surface area contributed by atoms with Crippen molar-refractivity contribution in [2.75, 3.05) is 11.3 Å². The summed E-state index contributed by atoms with van der Waals surface area (Å²) in [6, 6.07) is 7.40. The van der Waals surface area contributed by atoms with Crippen LogP contribution in [0.2, 0.25) is 0 Å². The molecule has 0 radical (unpaired) electrons. The van der Waals surface area contributed by atoms with Gasteiger partial charge in [-0.25, -0.2) is 0 Å². The number of rotatable bonds is 3. The second-order valence-electron chi connectivity index (χ2n) is 2.02. The van der Waals surface area contributed by atoms with Crippen LogP contribution in [-0.4, -0.2) is 16.4 Å². The maximum Gasteiger partial charge on any atom is 0.129 e. The van der Waals surface area contributed by atoms with Gasteiger partial charge in [-0.05, 0) is 18.4 Å². The summed E-state index contributed by atoms with van der Waals surface area (Å²) in [6.45, 7) is 0. The summed E-state index contributed by atoms with van der Waals surface area (Å²) in [5.41, 5.74) is 0. The standard InChI is InChI=1S/C8H10OS2/c1-10-6-11-8-5-3-2-4-7(8)9/h2-5,9H,6H2,1H3. The van der Waals surface area contributed by atoms with E-state index in [0.29, 0.717) is 5.75 Å². The van der Waals surface area contributed by atoms with Crippen molar-refractivity contribution in [2.45, 2.75) is 4.90 Å². The highest BCUT2D eigenvalue weighted by molar-refractivity contribution is 8.15. The molecule has 1 N–H and O–H groups in total. The van der Waals surface area contributed by atoms with Crippen LogP contribution in [0.5, 0.6) is 5.75 Å². The average Bonchev–Trinajstić information content (AvgIpc) is 2.03. The van der Waals surface area contributed by atoms with Gasteiger partial charge < -0.3 is 5.11 Å². The highest BCUT2D eigenvalue weighted by atomic mass is 32.2. The Morgan fingerprint density at radius 3 is 2.73 bits per heavy atom. The van der Waals surface area contributed by atoms with Crippen LogP contribution < -0.4 is 0 Å². The molecule has 0 aliphatic rings. The lowest BCUT2D eigenvalue weighted by molar-refractivity contribution is 0.462. The second-order valence-corrected chi connectivity index (χ2v) is 4.27. The van der Waals surface area contributed by atoms with Gasteiger partial charge >= 0.3 is 0 Å². The first-order valence-corrected chi connectivity index (χ1v) is 5.62. The third-order valence-electron chi connectivity index (χ3n) is 1.20. The molecule has 1 rings (SSSR count). The van der Waals surface area contributed by atoms with Gasteiger partial charge in [0.25, 0.3) is 0 Å². The molecule has 0 spiro atoms. The first-order chi connectivity index (χ1) is 5.34. The summed E-state index contributed by atoms with van der Waals surface area (Å²) >= 11 is 3.42. The molecule has 3 heteroatoms. The van der Waals surface area contributed by atoms with Gasteiger partial charge in [-0.15, -0.1) is 11.8 Å². The van der Waals surface area contributed by atoms with Gasteiger partial charge in [0.2, 0.25) is 0 Å². The van der Waals surface area contributed by atoms with E-state index < -0.39 is 0 Å². The minimum atomic E-state index is 0.381. The fourth-order valence-corrected chi connectivity index (χ4v) is 2.07. The molecule has 0 unspecified atom stereocenters. The molecule has 0 aliphatic carbocycles. The molecule has 0 fully saturated rings. The number of para-hydroxylation sites is 1. The molecule has 0 aromatic heterocycles. The monoisotopic (exact) mass is 186 g/mol. The molecule has 0 atom stereocenters. The zero-order valence-corrected chi connectivity index (χ0v) is 7.91. The van der Waals surface area contributed by atoms with Gasteiger partial charge in [0.15, 0.2) is 0 Å². The Balaban J connectivity index is 2.62. The van der Waals surface area contributed by atoms with Crippen LogP contribution in [-0.2, 0) is 0 Å². The molecule has 11 heavy (non-hydrogen) atoms. The first kappa shape index (κ1) is 8.81. The summed E-state index contributed by atoms with van der Waals surface area (Å²) in [4.78, 5) is 0.960. The highest BCUT2D eigenvalue weighted by Gasteiger charge is 1.97. The number of phenols is 1. The Morgan fingerprint density at radius 1 is 1.36 bits per heavy atom. The van der Waals surface area contributed by atoms with E-state index >= 15 is 0 Å². The molecule has 1 aromatic rings. The second kappa shape index (κ2) is 4.57. The van der Waals surface area contributed by atoms with E-state index in [1.54, 1.807) is 29.6 Å². The molecule has 0 saturated carbocycles. The minimum absolute atomic E-state index is 0.381. The zero-order valence-electron chi connectivity index (χ0n) is 6.28. The van der Waals surface area contributed by atoms with Gasteiger partial charge in [0, 0.05) is 9.98 Å². The minimum Gasteiger partial charge on any atom is -0.507 e. The van der Waals surface area contributed by atoms with Gasteiger partial charge in [-0.2, -0.15) is 11.8 Å². The molecule has 1 aromatic carbocycles. The molecule has 0 aliphatic heterocycles. The lowest BCUT2D eigenvalue weighted by Crippen LogP contribution is -1.73. The number of aromatic hydroxyl groups is 1. The Bertz CT molecular complexity index is 225. The third kappa shape index (κ3) is 2.67. The summed E-state index contributed by atoms with van der Waals surface area (Å²) in [5.74, 6) is 0.381. The van der Waals surface area contributed by atoms with E-state index in [2.05, 4.69) is 0 Å². The van der Waals surface area contributed by atoms with Crippen molar-refractivity contribution in [3.8, 4) is 5.75 Å². The van der Waals surface area contributed by atoms with Crippen molar-refractivity contribution in [3.05, 3.63) is 24.3 Å². The van der Waals surface area contributed by atoms with E-state index in [0.717, 1.165) is 9.98 Å². The van der Waals surface area contributed by atoms with Crippen molar-refractivity contribution in [2.24, 2.45) is 0 Å². The smallest absolute Gasteiger partial charge is 0.129 e. The van der Waals surface area contributed by atoms with Crippen molar-refractivity contribution in [3.63, 3.8) is 0 Å². The van der Waals surface area contributed by atoms with Crippen LogP contribution in [0.3, 0.4) is 0 Å². The topological polar surface area (TPSA) is 20.2 Å². The van der Waals surface area contributed by atoms with Crippen LogP contribution in [0, 0.1) is 0 Å². The van der Waals surface area contributed by atoms with Crippen LogP contribution in [0.1, 0.15) is 0 Å². The number of thioether (sulfide) groups is 2. The number of hydrogen-bond donors (Lipinski definition) is 1. The molecule has 0 bridgehead atoms. The van der Waals surface area contributed by atoms with Gasteiger partial charge in [-0.1, -0.05) is 12.1 Å². The Labute approximate surface area is 75.2 Å². The van der Waals surface area contributed by atoms with Gasteiger partial charge in [0.1, 0.15) is 5.75 Å². The van der Waals surface area contributed by atoms with E-state index in [-0.39, 0.29) is 0 Å². The maximum absolute atomic E-state index is 9.31. The largest absolute Gasteiger partial charge is 0.507 e. The number of hydrogen-bond acceptors (Lipinski definition) is 3. The SMILES string of the molecule is CSCSc1ccccc1O. The maximum atomic E-state index is 9.31.